The molecule has 1 fully saturated rings. The quantitative estimate of drug-likeness (QED) is 0.218. The van der Waals surface area contributed by atoms with Gasteiger partial charge < -0.3 is 19.7 Å². The molecule has 13 heteroatoms. The average molecular weight is 737 g/mol. The maximum Gasteiger partial charge on any atom is 0.270 e. The molecule has 1 saturated heterocycles. The zero-order valence-corrected chi connectivity index (χ0v) is 30.9. The molecule has 1 unspecified atom stereocenters. The molecule has 2 N–H and O–H groups in total. The Morgan fingerprint density at radius 2 is 1.78 bits per heavy atom. The van der Waals surface area contributed by atoms with Gasteiger partial charge in [-0.3, -0.25) is 39.3 Å². The molecule has 55 heavy (non-hydrogen) atoms. The molecular formula is C42H40N8O5. The van der Waals surface area contributed by atoms with Crippen LogP contribution in [0.2, 0.25) is 0 Å². The number of amides is 5. The molecule has 6 heterocycles. The van der Waals surface area contributed by atoms with Crippen LogP contribution in [0.15, 0.2) is 72.6 Å². The number of imide groups is 1. The number of fused-ring (bicyclic) bond motifs is 3. The number of nitrogens with one attached hydrogen (secondary N) is 2. The van der Waals surface area contributed by atoms with E-state index in [0.29, 0.717) is 25.1 Å². The van der Waals surface area contributed by atoms with Gasteiger partial charge in [0.2, 0.25) is 17.7 Å². The molecule has 5 amide bonds. The molecule has 0 spiro atoms. The molecule has 13 nitrogen and oxygen atoms in total. The van der Waals surface area contributed by atoms with Gasteiger partial charge in [-0.25, -0.2) is 4.98 Å². The first-order valence-corrected chi connectivity index (χ1v) is 18.5. The Bertz CT molecular complexity index is 2450. The van der Waals surface area contributed by atoms with Crippen molar-refractivity contribution in [3.63, 3.8) is 0 Å². The lowest BCUT2D eigenvalue weighted by atomic mass is 10.0. The highest BCUT2D eigenvalue weighted by atomic mass is 16.2. The second kappa shape index (κ2) is 14.4. The highest BCUT2D eigenvalue weighted by Crippen LogP contribution is 2.35. The smallest absolute Gasteiger partial charge is 0.270 e. The summed E-state index contributed by atoms with van der Waals surface area (Å²) in [6, 6.07) is 16.4. The molecule has 3 aromatic heterocycles. The predicted octanol–water partition coefficient (Wildman–Crippen LogP) is 4.68. The van der Waals surface area contributed by atoms with E-state index >= 15 is 0 Å². The molecule has 0 saturated carbocycles. The van der Waals surface area contributed by atoms with Gasteiger partial charge in [-0.05, 0) is 54.1 Å². The summed E-state index contributed by atoms with van der Waals surface area (Å²) >= 11 is 0. The SMILES string of the molecule is CCc1nc(-c2cccc3cc(-c4ccc(C(=O)NC/C(C)=C/c5cccc6c5CN(C5CCC(=O)NC5=O)C6=O)nc4)ncc23)c2n1CCN(C(C)=O)C2. The second-order valence-corrected chi connectivity index (χ2v) is 14.2. The number of aryl methyl sites for hydroxylation is 1. The number of benzene rings is 2. The lowest BCUT2D eigenvalue weighted by Crippen LogP contribution is -2.52. The summed E-state index contributed by atoms with van der Waals surface area (Å²) in [5, 5.41) is 7.21. The van der Waals surface area contributed by atoms with Gasteiger partial charge in [-0.2, -0.15) is 0 Å². The van der Waals surface area contributed by atoms with Crippen molar-refractivity contribution in [2.24, 2.45) is 0 Å². The van der Waals surface area contributed by atoms with Gasteiger partial charge in [0, 0.05) is 80.4 Å². The Kier molecular flexibility index (Phi) is 9.29. The van der Waals surface area contributed by atoms with Crippen molar-refractivity contribution in [3.8, 4) is 22.5 Å². The Morgan fingerprint density at radius 3 is 2.55 bits per heavy atom. The van der Waals surface area contributed by atoms with Crippen LogP contribution in [-0.4, -0.2) is 78.0 Å². The minimum absolute atomic E-state index is 0.0537. The summed E-state index contributed by atoms with van der Waals surface area (Å²) in [6.07, 6.45) is 6.71. The molecule has 0 bridgehead atoms. The van der Waals surface area contributed by atoms with Crippen LogP contribution in [0.1, 0.15) is 77.1 Å². The third kappa shape index (κ3) is 6.66. The Balaban J connectivity index is 0.948. The standard InChI is InChI=1S/C42H40N8O5/c1-4-37-46-39(36-23-48(25(3)51)15-16-49(36)37)29-9-5-8-27-18-34(44-21-31(27)29)28-11-12-33(43-20-28)40(53)45-19-24(2)17-26-7-6-10-30-32(26)22-50(42(30)55)35-13-14-38(52)47-41(35)54/h5-12,17-18,20-21,35H,4,13-16,19,22-23H2,1-3H3,(H,45,53)(H,47,52,54)/b24-17+. The van der Waals surface area contributed by atoms with Gasteiger partial charge in [0.1, 0.15) is 17.6 Å². The molecule has 2 aromatic carbocycles. The molecule has 8 rings (SSSR count). The van der Waals surface area contributed by atoms with E-state index in [1.165, 1.54) is 4.90 Å². The number of hydrogen-bond acceptors (Lipinski definition) is 8. The average Bonchev–Trinajstić information content (AvgIpc) is 3.73. The number of imidazole rings is 1. The highest BCUT2D eigenvalue weighted by Gasteiger charge is 2.39. The highest BCUT2D eigenvalue weighted by molar-refractivity contribution is 6.06. The summed E-state index contributed by atoms with van der Waals surface area (Å²) in [7, 11) is 0. The fourth-order valence-electron chi connectivity index (χ4n) is 7.78. The second-order valence-electron chi connectivity index (χ2n) is 14.2. The fraction of sp³-hybridized carbons (Fsp3) is 0.286. The Labute approximate surface area is 317 Å². The number of pyridine rings is 2. The molecule has 3 aliphatic heterocycles. The summed E-state index contributed by atoms with van der Waals surface area (Å²) in [5.41, 5.74) is 7.68. The maximum atomic E-state index is 13.2. The van der Waals surface area contributed by atoms with Crippen LogP contribution in [0.25, 0.3) is 39.4 Å². The van der Waals surface area contributed by atoms with E-state index in [4.69, 9.17) is 9.97 Å². The van der Waals surface area contributed by atoms with Gasteiger partial charge in [0.05, 0.1) is 23.6 Å². The number of rotatable bonds is 8. The van der Waals surface area contributed by atoms with Crippen molar-refractivity contribution < 1.29 is 24.0 Å². The number of nitrogens with zero attached hydrogens (tertiary/aromatic N) is 6. The summed E-state index contributed by atoms with van der Waals surface area (Å²) in [4.78, 5) is 80.3. The largest absolute Gasteiger partial charge is 0.347 e. The van der Waals surface area contributed by atoms with Crippen LogP contribution < -0.4 is 10.6 Å². The van der Waals surface area contributed by atoms with Crippen LogP contribution in [0, 0.1) is 0 Å². The van der Waals surface area contributed by atoms with Gasteiger partial charge in [0.15, 0.2) is 0 Å². The topological polar surface area (TPSA) is 159 Å². The van der Waals surface area contributed by atoms with Crippen molar-refractivity contribution in [2.45, 2.75) is 65.7 Å². The minimum Gasteiger partial charge on any atom is -0.347 e. The lowest BCUT2D eigenvalue weighted by Gasteiger charge is -2.29. The normalized spacial score (nSPS) is 17.0. The maximum absolute atomic E-state index is 13.2. The first-order valence-electron chi connectivity index (χ1n) is 18.5. The summed E-state index contributed by atoms with van der Waals surface area (Å²) < 4.78 is 2.24. The summed E-state index contributed by atoms with van der Waals surface area (Å²) in [5.74, 6) is -0.269. The van der Waals surface area contributed by atoms with E-state index in [2.05, 4.69) is 33.2 Å². The predicted molar refractivity (Wildman–Crippen MR) is 205 cm³/mol. The zero-order valence-electron chi connectivity index (χ0n) is 30.9. The lowest BCUT2D eigenvalue weighted by molar-refractivity contribution is -0.137. The molecule has 0 aliphatic carbocycles. The van der Waals surface area contributed by atoms with E-state index in [0.717, 1.165) is 74.5 Å². The van der Waals surface area contributed by atoms with Crippen molar-refractivity contribution in [1.29, 1.82) is 0 Å². The third-order valence-electron chi connectivity index (χ3n) is 10.7. The first kappa shape index (κ1) is 35.5. The van der Waals surface area contributed by atoms with Crippen LogP contribution in [0.3, 0.4) is 0 Å². The van der Waals surface area contributed by atoms with Gasteiger partial charge >= 0.3 is 0 Å². The number of carbonyl (C=O) groups is 5. The number of hydrogen-bond donors (Lipinski definition) is 2. The van der Waals surface area contributed by atoms with Crippen LogP contribution >= 0.6 is 0 Å². The van der Waals surface area contributed by atoms with E-state index in [1.807, 2.05) is 54.4 Å². The minimum atomic E-state index is -0.687. The van der Waals surface area contributed by atoms with Crippen molar-refractivity contribution in [1.82, 2.24) is 40.0 Å². The van der Waals surface area contributed by atoms with Gasteiger partial charge in [-0.15, -0.1) is 0 Å². The van der Waals surface area contributed by atoms with Crippen LogP contribution in [0.4, 0.5) is 0 Å². The number of piperidine rings is 1. The van der Waals surface area contributed by atoms with E-state index in [-0.39, 0.29) is 48.8 Å². The number of carbonyl (C=O) groups excluding carboxylic acids is 5. The molecular weight excluding hydrogens is 697 g/mol. The Morgan fingerprint density at radius 1 is 0.964 bits per heavy atom. The summed E-state index contributed by atoms with van der Waals surface area (Å²) in [6.45, 7) is 8.04. The number of aromatic nitrogens is 4. The monoisotopic (exact) mass is 736 g/mol. The molecule has 278 valence electrons. The van der Waals surface area contributed by atoms with Crippen molar-refractivity contribution in [3.05, 3.63) is 106 Å². The molecule has 5 aromatic rings. The van der Waals surface area contributed by atoms with Crippen LogP contribution in [-0.2, 0) is 40.4 Å². The van der Waals surface area contributed by atoms with Crippen molar-refractivity contribution in [2.75, 3.05) is 13.1 Å². The molecule has 0 radical (unpaired) electrons. The van der Waals surface area contributed by atoms with Gasteiger partial charge in [-0.1, -0.05) is 48.9 Å². The van der Waals surface area contributed by atoms with E-state index in [1.54, 1.807) is 31.3 Å². The first-order chi connectivity index (χ1) is 26.6. The van der Waals surface area contributed by atoms with Crippen LogP contribution in [0.5, 0.6) is 0 Å². The van der Waals surface area contributed by atoms with Gasteiger partial charge in [0.25, 0.3) is 11.8 Å². The third-order valence-corrected chi connectivity index (χ3v) is 10.7. The molecule has 1 atom stereocenters. The van der Waals surface area contributed by atoms with E-state index in [9.17, 15) is 24.0 Å². The fourth-order valence-corrected chi connectivity index (χ4v) is 7.78. The zero-order chi connectivity index (χ0) is 38.4. The molecule has 3 aliphatic rings. The van der Waals surface area contributed by atoms with E-state index < -0.39 is 11.9 Å². The Hall–Kier alpha value is -6.50. The van der Waals surface area contributed by atoms with Crippen molar-refractivity contribution >= 4 is 46.4 Å².